The average molecular weight is 329 g/mol. The normalized spacial score (nSPS) is 10.7. The van der Waals surface area contributed by atoms with Crippen LogP contribution in [0.5, 0.6) is 0 Å². The maximum absolute atomic E-state index is 12.3. The SMILES string of the molecule is Cc1ccc(C(=O)Nc2cccc(C#N)c2)cc1NS(C)(=O)=O. The zero-order valence-corrected chi connectivity index (χ0v) is 13.4. The summed E-state index contributed by atoms with van der Waals surface area (Å²) in [6.45, 7) is 1.74. The van der Waals surface area contributed by atoms with E-state index in [1.807, 2.05) is 6.07 Å². The van der Waals surface area contributed by atoms with E-state index in [2.05, 4.69) is 10.0 Å². The molecule has 0 aromatic heterocycles. The number of anilines is 2. The van der Waals surface area contributed by atoms with Crippen LogP contribution in [0.15, 0.2) is 42.5 Å². The number of nitriles is 1. The predicted octanol–water partition coefficient (Wildman–Crippen LogP) is 2.49. The number of amides is 1. The van der Waals surface area contributed by atoms with Crippen LogP contribution in [0.1, 0.15) is 21.5 Å². The molecule has 0 heterocycles. The Balaban J connectivity index is 2.26. The molecule has 0 aliphatic carbocycles. The Morgan fingerprint density at radius 1 is 1.17 bits per heavy atom. The maximum atomic E-state index is 12.3. The fourth-order valence-corrected chi connectivity index (χ4v) is 2.56. The first kappa shape index (κ1) is 16.5. The molecule has 0 atom stereocenters. The first-order chi connectivity index (χ1) is 10.8. The van der Waals surface area contributed by atoms with Crippen molar-refractivity contribution in [1.82, 2.24) is 0 Å². The molecule has 0 fully saturated rings. The highest BCUT2D eigenvalue weighted by atomic mass is 32.2. The third kappa shape index (κ3) is 4.56. The molecule has 7 heteroatoms. The Morgan fingerprint density at radius 2 is 1.91 bits per heavy atom. The van der Waals surface area contributed by atoms with Crippen LogP contribution in [-0.2, 0) is 10.0 Å². The van der Waals surface area contributed by atoms with E-state index >= 15 is 0 Å². The lowest BCUT2D eigenvalue weighted by molar-refractivity contribution is 0.102. The third-order valence-electron chi connectivity index (χ3n) is 3.04. The zero-order chi connectivity index (χ0) is 17.0. The van der Waals surface area contributed by atoms with Gasteiger partial charge in [-0.15, -0.1) is 0 Å². The molecule has 1 amide bonds. The smallest absolute Gasteiger partial charge is 0.255 e. The molecule has 0 bridgehead atoms. The van der Waals surface area contributed by atoms with E-state index in [0.29, 0.717) is 28.1 Å². The lowest BCUT2D eigenvalue weighted by Gasteiger charge is -2.10. The summed E-state index contributed by atoms with van der Waals surface area (Å²) in [5, 5.41) is 11.5. The van der Waals surface area contributed by atoms with Gasteiger partial charge in [0.05, 0.1) is 23.6 Å². The number of sulfonamides is 1. The molecule has 2 aromatic rings. The molecule has 0 aliphatic heterocycles. The Bertz CT molecular complexity index is 899. The van der Waals surface area contributed by atoms with Gasteiger partial charge >= 0.3 is 0 Å². The fourth-order valence-electron chi connectivity index (χ4n) is 1.94. The molecule has 0 aliphatic rings. The summed E-state index contributed by atoms with van der Waals surface area (Å²) in [7, 11) is -3.43. The molecule has 118 valence electrons. The molecule has 0 unspecified atom stereocenters. The highest BCUT2D eigenvalue weighted by Crippen LogP contribution is 2.19. The van der Waals surface area contributed by atoms with Gasteiger partial charge in [0.1, 0.15) is 0 Å². The zero-order valence-electron chi connectivity index (χ0n) is 12.6. The Morgan fingerprint density at radius 3 is 2.57 bits per heavy atom. The van der Waals surface area contributed by atoms with Crippen LogP contribution < -0.4 is 10.0 Å². The number of benzene rings is 2. The molecular weight excluding hydrogens is 314 g/mol. The summed E-state index contributed by atoms with van der Waals surface area (Å²) in [6, 6.07) is 13.3. The molecular formula is C16H15N3O3S. The van der Waals surface area contributed by atoms with Crippen molar-refractivity contribution in [3.63, 3.8) is 0 Å². The number of aryl methyl sites for hydroxylation is 1. The van der Waals surface area contributed by atoms with Gasteiger partial charge in [-0.05, 0) is 42.8 Å². The van der Waals surface area contributed by atoms with Gasteiger partial charge in [-0.2, -0.15) is 5.26 Å². The van der Waals surface area contributed by atoms with E-state index in [0.717, 1.165) is 6.26 Å². The number of carbonyl (C=O) groups is 1. The predicted molar refractivity (Wildman–Crippen MR) is 88.8 cm³/mol. The van der Waals surface area contributed by atoms with Crippen LogP contribution in [0.4, 0.5) is 11.4 Å². The van der Waals surface area contributed by atoms with E-state index in [1.54, 1.807) is 43.3 Å². The molecule has 2 aromatic carbocycles. The van der Waals surface area contributed by atoms with Crippen molar-refractivity contribution >= 4 is 27.3 Å². The van der Waals surface area contributed by atoms with E-state index in [-0.39, 0.29) is 0 Å². The van der Waals surface area contributed by atoms with Crippen LogP contribution in [0.2, 0.25) is 0 Å². The van der Waals surface area contributed by atoms with Gasteiger partial charge in [-0.3, -0.25) is 9.52 Å². The minimum Gasteiger partial charge on any atom is -0.322 e. The second kappa shape index (κ2) is 6.50. The summed E-state index contributed by atoms with van der Waals surface area (Å²) in [4.78, 5) is 12.3. The summed E-state index contributed by atoms with van der Waals surface area (Å²) >= 11 is 0. The Labute approximate surface area is 134 Å². The number of hydrogen-bond acceptors (Lipinski definition) is 4. The third-order valence-corrected chi connectivity index (χ3v) is 3.64. The lowest BCUT2D eigenvalue weighted by Crippen LogP contribution is -2.14. The first-order valence-electron chi connectivity index (χ1n) is 6.68. The molecule has 23 heavy (non-hydrogen) atoms. The Hall–Kier alpha value is -2.85. The van der Waals surface area contributed by atoms with Crippen LogP contribution >= 0.6 is 0 Å². The Kier molecular flexibility index (Phi) is 4.67. The summed E-state index contributed by atoms with van der Waals surface area (Å²) in [5.74, 6) is -0.392. The van der Waals surface area contributed by atoms with E-state index < -0.39 is 15.9 Å². The quantitative estimate of drug-likeness (QED) is 0.900. The number of hydrogen-bond donors (Lipinski definition) is 2. The van der Waals surface area contributed by atoms with Crippen molar-refractivity contribution in [3.05, 3.63) is 59.2 Å². The van der Waals surface area contributed by atoms with Gasteiger partial charge < -0.3 is 5.32 Å². The highest BCUT2D eigenvalue weighted by Gasteiger charge is 2.11. The van der Waals surface area contributed by atoms with Crippen molar-refractivity contribution in [2.45, 2.75) is 6.92 Å². The first-order valence-corrected chi connectivity index (χ1v) is 8.57. The molecule has 6 nitrogen and oxygen atoms in total. The standard InChI is InChI=1S/C16H15N3O3S/c1-11-6-7-13(9-15(11)19-23(2,21)22)16(20)18-14-5-3-4-12(8-14)10-17/h3-9,19H,1-2H3,(H,18,20). The summed E-state index contributed by atoms with van der Waals surface area (Å²) < 4.78 is 25.1. The molecule has 0 radical (unpaired) electrons. The van der Waals surface area contributed by atoms with Gasteiger partial charge in [0.25, 0.3) is 5.91 Å². The second-order valence-corrected chi connectivity index (χ2v) is 6.80. The van der Waals surface area contributed by atoms with Crippen molar-refractivity contribution in [1.29, 1.82) is 5.26 Å². The van der Waals surface area contributed by atoms with Crippen LogP contribution in [0.25, 0.3) is 0 Å². The van der Waals surface area contributed by atoms with E-state index in [1.165, 1.54) is 6.07 Å². The van der Waals surface area contributed by atoms with Gasteiger partial charge in [-0.25, -0.2) is 8.42 Å². The largest absolute Gasteiger partial charge is 0.322 e. The topological polar surface area (TPSA) is 99.1 Å². The minimum atomic E-state index is -3.43. The average Bonchev–Trinajstić information content (AvgIpc) is 2.48. The van der Waals surface area contributed by atoms with Crippen LogP contribution in [0, 0.1) is 18.3 Å². The maximum Gasteiger partial charge on any atom is 0.255 e. The van der Waals surface area contributed by atoms with Gasteiger partial charge in [0.15, 0.2) is 0 Å². The molecule has 2 N–H and O–H groups in total. The van der Waals surface area contributed by atoms with Crippen molar-refractivity contribution in [2.75, 3.05) is 16.3 Å². The number of carbonyl (C=O) groups excluding carboxylic acids is 1. The number of nitrogens with one attached hydrogen (secondary N) is 2. The van der Waals surface area contributed by atoms with Crippen molar-refractivity contribution < 1.29 is 13.2 Å². The van der Waals surface area contributed by atoms with Crippen molar-refractivity contribution in [2.24, 2.45) is 0 Å². The number of rotatable bonds is 4. The fraction of sp³-hybridized carbons (Fsp3) is 0.125. The number of nitrogens with zero attached hydrogens (tertiary/aromatic N) is 1. The molecule has 0 saturated carbocycles. The van der Waals surface area contributed by atoms with Gasteiger partial charge in [0, 0.05) is 11.3 Å². The second-order valence-electron chi connectivity index (χ2n) is 5.05. The van der Waals surface area contributed by atoms with Crippen molar-refractivity contribution in [3.8, 4) is 6.07 Å². The molecule has 0 saturated heterocycles. The summed E-state index contributed by atoms with van der Waals surface area (Å²) in [5.41, 5.74) is 2.30. The lowest BCUT2D eigenvalue weighted by atomic mass is 10.1. The van der Waals surface area contributed by atoms with Gasteiger partial charge in [0.2, 0.25) is 10.0 Å². The summed E-state index contributed by atoms with van der Waals surface area (Å²) in [6.07, 6.45) is 1.05. The van der Waals surface area contributed by atoms with E-state index in [4.69, 9.17) is 5.26 Å². The molecule has 2 rings (SSSR count). The highest BCUT2D eigenvalue weighted by molar-refractivity contribution is 7.92. The molecule has 0 spiro atoms. The van der Waals surface area contributed by atoms with E-state index in [9.17, 15) is 13.2 Å². The van der Waals surface area contributed by atoms with Crippen LogP contribution in [0.3, 0.4) is 0 Å². The van der Waals surface area contributed by atoms with Gasteiger partial charge in [-0.1, -0.05) is 12.1 Å². The van der Waals surface area contributed by atoms with Crippen LogP contribution in [-0.4, -0.2) is 20.6 Å². The minimum absolute atomic E-state index is 0.309. The monoisotopic (exact) mass is 329 g/mol.